The number of amides is 1. The van der Waals surface area contributed by atoms with Gasteiger partial charge in [0.15, 0.2) is 0 Å². The van der Waals surface area contributed by atoms with Crippen LogP contribution in [0.1, 0.15) is 105 Å². The van der Waals surface area contributed by atoms with Gasteiger partial charge < -0.3 is 19.8 Å². The molecule has 0 aromatic carbocycles. The third kappa shape index (κ3) is 5.56. The van der Waals surface area contributed by atoms with E-state index in [9.17, 15) is 23.4 Å². The van der Waals surface area contributed by atoms with E-state index in [1.165, 1.54) is 18.7 Å². The van der Waals surface area contributed by atoms with Crippen molar-refractivity contribution in [2.24, 2.45) is 51.8 Å². The topological polar surface area (TPSA) is 129 Å². The van der Waals surface area contributed by atoms with Gasteiger partial charge in [-0.1, -0.05) is 41.0 Å². The van der Waals surface area contributed by atoms with E-state index >= 15 is 0 Å². The number of hydrogen-bond acceptors (Lipinski definition) is 8. The van der Waals surface area contributed by atoms with Crippen LogP contribution in [0.5, 0.6) is 0 Å². The van der Waals surface area contributed by atoms with Gasteiger partial charge in [0.25, 0.3) is 10.0 Å². The summed E-state index contributed by atoms with van der Waals surface area (Å²) >= 11 is 0. The van der Waals surface area contributed by atoms with Crippen molar-refractivity contribution in [3.8, 4) is 0 Å². The van der Waals surface area contributed by atoms with Crippen molar-refractivity contribution < 1.29 is 28.2 Å². The highest BCUT2D eigenvalue weighted by Crippen LogP contribution is 2.72. The average molecular weight is 660 g/mol. The minimum Gasteiger partial charge on any atom is -0.449 e. The van der Waals surface area contributed by atoms with Gasteiger partial charge in [-0.15, -0.1) is 0 Å². The maximum Gasteiger partial charge on any atom is 0.421 e. The molecular weight excluding hydrogens is 602 g/mol. The van der Waals surface area contributed by atoms with Crippen molar-refractivity contribution in [3.05, 3.63) is 18.3 Å². The van der Waals surface area contributed by atoms with E-state index in [1.54, 1.807) is 6.07 Å². The van der Waals surface area contributed by atoms with Crippen molar-refractivity contribution in [2.45, 2.75) is 122 Å². The molecule has 4 saturated carbocycles. The number of carbonyl (C=O) groups is 1. The summed E-state index contributed by atoms with van der Waals surface area (Å²) in [4.78, 5) is 19.3. The van der Waals surface area contributed by atoms with Gasteiger partial charge in [0.2, 0.25) is 0 Å². The van der Waals surface area contributed by atoms with E-state index in [0.29, 0.717) is 17.8 Å². The number of carbonyl (C=O) groups excluding carboxylic acids is 1. The van der Waals surface area contributed by atoms with Crippen LogP contribution in [0.3, 0.4) is 0 Å². The predicted molar refractivity (Wildman–Crippen MR) is 178 cm³/mol. The Hall–Kier alpha value is -1.91. The van der Waals surface area contributed by atoms with E-state index in [1.807, 2.05) is 0 Å². The maximum absolute atomic E-state index is 13.0. The van der Waals surface area contributed by atoms with Gasteiger partial charge in [0.05, 0.1) is 18.8 Å². The molecule has 0 radical (unpaired) electrons. The van der Waals surface area contributed by atoms with Gasteiger partial charge >= 0.3 is 6.09 Å². The first-order chi connectivity index (χ1) is 21.7. The van der Waals surface area contributed by atoms with E-state index in [4.69, 9.17) is 4.74 Å². The normalized spacial score (nSPS) is 41.5. The molecule has 1 amide bonds. The highest BCUT2D eigenvalue weighted by Gasteiger charge is 2.67. The smallest absolute Gasteiger partial charge is 0.421 e. The molecule has 258 valence electrons. The number of fused-ring (bicyclic) bond motifs is 5. The van der Waals surface area contributed by atoms with E-state index < -0.39 is 16.1 Å². The van der Waals surface area contributed by atoms with Crippen LogP contribution in [0.4, 0.5) is 10.6 Å². The van der Waals surface area contributed by atoms with Crippen molar-refractivity contribution in [1.29, 1.82) is 0 Å². The molecule has 4 unspecified atom stereocenters. The molecule has 3 N–H and O–H groups in total. The fourth-order valence-electron chi connectivity index (χ4n) is 11.5. The second-order valence-electron chi connectivity index (χ2n) is 16.3. The second kappa shape index (κ2) is 12.5. The molecule has 1 aromatic heterocycles. The number of ether oxygens (including phenoxy) is 1. The fourth-order valence-corrected chi connectivity index (χ4v) is 12.3. The number of aromatic nitrogens is 1. The summed E-state index contributed by atoms with van der Waals surface area (Å²) in [5.74, 6) is 2.39. The highest BCUT2D eigenvalue weighted by molar-refractivity contribution is 7.90. The Morgan fingerprint density at radius 1 is 1.04 bits per heavy atom. The molecule has 5 aliphatic rings. The largest absolute Gasteiger partial charge is 0.449 e. The number of nitrogens with zero attached hydrogens (tertiary/aromatic N) is 2. The number of pyridine rings is 1. The van der Waals surface area contributed by atoms with Gasteiger partial charge in [-0.25, -0.2) is 22.9 Å². The predicted octanol–water partition coefficient (Wildman–Crippen LogP) is 6.14. The maximum atomic E-state index is 13.0. The third-order valence-electron chi connectivity index (χ3n) is 14.5. The Bertz CT molecular complexity index is 1370. The monoisotopic (exact) mass is 659 g/mol. The van der Waals surface area contributed by atoms with Gasteiger partial charge in [-0.3, -0.25) is 0 Å². The lowest BCUT2D eigenvalue weighted by Crippen LogP contribution is -2.63. The van der Waals surface area contributed by atoms with Crippen LogP contribution < -0.4 is 9.62 Å². The molecule has 5 fully saturated rings. The summed E-state index contributed by atoms with van der Waals surface area (Å²) in [6.07, 6.45) is 10.9. The van der Waals surface area contributed by atoms with E-state index in [0.717, 1.165) is 83.1 Å². The molecule has 0 bridgehead atoms. The summed E-state index contributed by atoms with van der Waals surface area (Å²) in [5, 5.41) is 22.6. The lowest BCUT2D eigenvalue weighted by molar-refractivity contribution is -0.210. The van der Waals surface area contributed by atoms with Gasteiger partial charge in [0.1, 0.15) is 10.7 Å². The zero-order chi connectivity index (χ0) is 33.1. The Kier molecular flexibility index (Phi) is 9.24. The molecular formula is C36H57N3O6S. The van der Waals surface area contributed by atoms with Gasteiger partial charge in [-0.2, -0.15) is 0 Å². The quantitative estimate of drug-likeness (QED) is 0.319. The Morgan fingerprint density at radius 2 is 1.76 bits per heavy atom. The molecule has 9 nitrogen and oxygen atoms in total. The fraction of sp³-hybridized carbons (Fsp3) is 0.833. The first-order valence-electron chi connectivity index (χ1n) is 18.0. The number of nitrogens with one attached hydrogen (secondary N) is 1. The van der Waals surface area contributed by atoms with Crippen LogP contribution >= 0.6 is 0 Å². The number of hydrogen-bond donors (Lipinski definition) is 3. The van der Waals surface area contributed by atoms with Crippen LogP contribution in [0, 0.1) is 51.8 Å². The zero-order valence-electron chi connectivity index (χ0n) is 28.6. The Labute approximate surface area is 276 Å². The number of aliphatic hydroxyl groups excluding tert-OH is 2. The zero-order valence-corrected chi connectivity index (χ0v) is 29.4. The molecule has 1 aliphatic heterocycles. The molecule has 11 atom stereocenters. The number of aliphatic hydroxyl groups is 2. The first-order valence-corrected chi connectivity index (χ1v) is 19.5. The summed E-state index contributed by atoms with van der Waals surface area (Å²) < 4.78 is 33.7. The molecule has 1 saturated heterocycles. The van der Waals surface area contributed by atoms with Gasteiger partial charge in [-0.05, 0) is 128 Å². The van der Waals surface area contributed by atoms with Crippen molar-refractivity contribution in [1.82, 2.24) is 9.71 Å². The average Bonchev–Trinajstić information content (AvgIpc) is 3.32. The van der Waals surface area contributed by atoms with Crippen molar-refractivity contribution in [3.63, 3.8) is 0 Å². The number of piperidine rings is 1. The van der Waals surface area contributed by atoms with E-state index in [2.05, 4.69) is 49.2 Å². The SMILES string of the molecule is CC[C@H]1[C@@H](O)C2C3CCC(C)([C@H](C)COC(=O)NS(=O)(=O)c4ccc(N5CCCCC5)nc4)[C@@]3(C)CCC2[C@@]2(C)CC[C@@H](O)C[C@@H]12. The van der Waals surface area contributed by atoms with Crippen LogP contribution in [0.25, 0.3) is 0 Å². The van der Waals surface area contributed by atoms with Crippen molar-refractivity contribution in [2.75, 3.05) is 24.6 Å². The molecule has 4 aliphatic carbocycles. The second-order valence-corrected chi connectivity index (χ2v) is 18.0. The lowest BCUT2D eigenvalue weighted by Gasteiger charge is -2.65. The number of sulfonamides is 1. The summed E-state index contributed by atoms with van der Waals surface area (Å²) in [5.41, 5.74) is -0.0122. The van der Waals surface area contributed by atoms with Gasteiger partial charge in [0, 0.05) is 19.3 Å². The molecule has 46 heavy (non-hydrogen) atoms. The van der Waals surface area contributed by atoms with Crippen LogP contribution in [-0.4, -0.2) is 61.6 Å². The van der Waals surface area contributed by atoms with E-state index in [-0.39, 0.29) is 57.7 Å². The Balaban J connectivity index is 1.11. The van der Waals surface area contributed by atoms with Crippen LogP contribution in [0.2, 0.25) is 0 Å². The summed E-state index contributed by atoms with van der Waals surface area (Å²) in [6.45, 7) is 13.4. The molecule has 1 aromatic rings. The van der Waals surface area contributed by atoms with Crippen molar-refractivity contribution >= 4 is 21.9 Å². The van der Waals surface area contributed by atoms with Crippen LogP contribution in [0.15, 0.2) is 23.2 Å². The number of rotatable bonds is 7. The molecule has 2 heterocycles. The lowest BCUT2D eigenvalue weighted by atomic mass is 9.40. The first kappa shape index (κ1) is 34.0. The summed E-state index contributed by atoms with van der Waals surface area (Å²) in [7, 11) is -4.12. The minimum atomic E-state index is -4.12. The highest BCUT2D eigenvalue weighted by atomic mass is 32.2. The van der Waals surface area contributed by atoms with Crippen LogP contribution in [-0.2, 0) is 14.8 Å². The molecule has 0 spiro atoms. The Morgan fingerprint density at radius 3 is 2.43 bits per heavy atom. The molecule has 10 heteroatoms. The minimum absolute atomic E-state index is 0.00821. The third-order valence-corrected chi connectivity index (χ3v) is 15.8. The standard InChI is InChI=1S/C36H57N3O6S/c1-6-26-29-20-24(40)12-15-34(29,3)27-13-17-36(5)28(31(27)32(26)41)14-16-35(36,4)23(2)22-45-33(42)38-46(43,44)25-10-11-30(37-21-25)39-18-8-7-9-19-39/h10-11,21,23-24,26-29,31-32,40-41H,6-9,12-20,22H2,1-5H3,(H,38,42)/t23-,24-,26-,27?,28?,29+,31?,32-,34-,35?,36+/m1/s1. The number of anilines is 1. The molecule has 6 rings (SSSR count). The summed E-state index contributed by atoms with van der Waals surface area (Å²) in [6, 6.07) is 3.19.